The molecule has 0 heterocycles. The summed E-state index contributed by atoms with van der Waals surface area (Å²) in [7, 11) is 0. The standard InChI is InChI=1S/C24H18BrCl2NO5/c25-16-3-1-15(2-4-16)21(29)14-32-24(31)12-11-23(30)28-18-6-8-19(9-7-18)33-22-10-5-17(26)13-20(22)27/h1-10,13H,11-12,14H2,(H,28,30). The molecule has 0 spiro atoms. The molecule has 1 amide bonds. The number of esters is 1. The Morgan fingerprint density at radius 2 is 1.58 bits per heavy atom. The molecule has 0 bridgehead atoms. The van der Waals surface area contributed by atoms with E-state index in [-0.39, 0.29) is 31.1 Å². The summed E-state index contributed by atoms with van der Waals surface area (Å²) in [6, 6.07) is 18.3. The topological polar surface area (TPSA) is 81.7 Å². The molecule has 3 aromatic rings. The molecule has 170 valence electrons. The molecule has 9 heteroatoms. The van der Waals surface area contributed by atoms with Crippen LogP contribution in [-0.4, -0.2) is 24.3 Å². The number of benzene rings is 3. The summed E-state index contributed by atoms with van der Waals surface area (Å²) in [6.07, 6.45) is -0.223. The van der Waals surface area contributed by atoms with Crippen molar-refractivity contribution in [2.24, 2.45) is 0 Å². The molecule has 0 aliphatic heterocycles. The van der Waals surface area contributed by atoms with Crippen LogP contribution < -0.4 is 10.1 Å². The van der Waals surface area contributed by atoms with Gasteiger partial charge in [0.2, 0.25) is 5.91 Å². The second-order valence-electron chi connectivity index (χ2n) is 6.84. The molecule has 0 unspecified atom stereocenters. The van der Waals surface area contributed by atoms with Crippen molar-refractivity contribution in [1.82, 2.24) is 0 Å². The third-order valence-electron chi connectivity index (χ3n) is 4.35. The first-order chi connectivity index (χ1) is 15.8. The van der Waals surface area contributed by atoms with E-state index in [4.69, 9.17) is 32.7 Å². The Balaban J connectivity index is 1.41. The number of carbonyl (C=O) groups excluding carboxylic acids is 3. The van der Waals surface area contributed by atoms with Crippen molar-refractivity contribution in [2.45, 2.75) is 12.8 Å². The molecule has 0 aliphatic carbocycles. The molecule has 0 saturated heterocycles. The number of anilines is 1. The van der Waals surface area contributed by atoms with Gasteiger partial charge in [0, 0.05) is 27.2 Å². The van der Waals surface area contributed by atoms with E-state index in [9.17, 15) is 14.4 Å². The summed E-state index contributed by atoms with van der Waals surface area (Å²) in [4.78, 5) is 36.0. The van der Waals surface area contributed by atoms with Gasteiger partial charge in [-0.2, -0.15) is 0 Å². The van der Waals surface area contributed by atoms with Crippen LogP contribution in [0.2, 0.25) is 10.0 Å². The Labute approximate surface area is 208 Å². The number of hydrogen-bond acceptors (Lipinski definition) is 5. The van der Waals surface area contributed by atoms with Crippen molar-refractivity contribution < 1.29 is 23.9 Å². The number of ether oxygens (including phenoxy) is 2. The monoisotopic (exact) mass is 549 g/mol. The molecule has 0 fully saturated rings. The third kappa shape index (κ3) is 7.89. The second-order valence-corrected chi connectivity index (χ2v) is 8.60. The fourth-order valence-corrected chi connectivity index (χ4v) is 3.38. The minimum Gasteiger partial charge on any atom is -0.457 e. The van der Waals surface area contributed by atoms with Crippen LogP contribution in [0.3, 0.4) is 0 Å². The zero-order chi connectivity index (χ0) is 23.8. The quantitative estimate of drug-likeness (QED) is 0.237. The molecule has 0 atom stereocenters. The van der Waals surface area contributed by atoms with Crippen molar-refractivity contribution in [2.75, 3.05) is 11.9 Å². The summed E-state index contributed by atoms with van der Waals surface area (Å²) in [6.45, 7) is -0.374. The van der Waals surface area contributed by atoms with Crippen molar-refractivity contribution in [1.29, 1.82) is 0 Å². The van der Waals surface area contributed by atoms with E-state index in [1.807, 2.05) is 0 Å². The number of rotatable bonds is 9. The van der Waals surface area contributed by atoms with E-state index in [1.54, 1.807) is 66.7 Å². The number of nitrogens with one attached hydrogen (secondary N) is 1. The van der Waals surface area contributed by atoms with E-state index < -0.39 is 5.97 Å². The molecule has 6 nitrogen and oxygen atoms in total. The van der Waals surface area contributed by atoms with Gasteiger partial charge >= 0.3 is 5.97 Å². The highest BCUT2D eigenvalue weighted by Gasteiger charge is 2.12. The van der Waals surface area contributed by atoms with Gasteiger partial charge in [-0.1, -0.05) is 51.3 Å². The predicted molar refractivity (Wildman–Crippen MR) is 130 cm³/mol. The van der Waals surface area contributed by atoms with Gasteiger partial charge in [0.15, 0.2) is 12.4 Å². The van der Waals surface area contributed by atoms with Crippen molar-refractivity contribution >= 4 is 62.5 Å². The average Bonchev–Trinajstić information content (AvgIpc) is 2.79. The summed E-state index contributed by atoms with van der Waals surface area (Å²) in [5, 5.41) is 3.57. The van der Waals surface area contributed by atoms with E-state index >= 15 is 0 Å². The van der Waals surface area contributed by atoms with Gasteiger partial charge in [0.25, 0.3) is 0 Å². The van der Waals surface area contributed by atoms with E-state index in [2.05, 4.69) is 21.2 Å². The number of carbonyl (C=O) groups is 3. The van der Waals surface area contributed by atoms with Crippen LogP contribution in [0.5, 0.6) is 11.5 Å². The third-order valence-corrected chi connectivity index (χ3v) is 5.41. The minimum atomic E-state index is -0.626. The lowest BCUT2D eigenvalue weighted by Crippen LogP contribution is -2.17. The lowest BCUT2D eigenvalue weighted by atomic mass is 10.1. The molecule has 3 aromatic carbocycles. The Morgan fingerprint density at radius 1 is 0.879 bits per heavy atom. The Bertz CT molecular complexity index is 1150. The normalized spacial score (nSPS) is 10.4. The first kappa shape index (κ1) is 24.8. The average molecular weight is 551 g/mol. The molecular weight excluding hydrogens is 533 g/mol. The fourth-order valence-electron chi connectivity index (χ4n) is 2.67. The number of amides is 1. The van der Waals surface area contributed by atoms with Crippen LogP contribution in [0.1, 0.15) is 23.2 Å². The van der Waals surface area contributed by atoms with Gasteiger partial charge in [0.1, 0.15) is 11.5 Å². The highest BCUT2D eigenvalue weighted by Crippen LogP contribution is 2.32. The van der Waals surface area contributed by atoms with Crippen molar-refractivity contribution in [3.05, 3.63) is 86.8 Å². The largest absolute Gasteiger partial charge is 0.457 e. The first-order valence-corrected chi connectivity index (χ1v) is 11.3. The number of Topliss-reactive ketones (excluding diaryl/α,β-unsaturated/α-hetero) is 1. The molecule has 1 N–H and O–H groups in total. The molecule has 0 saturated carbocycles. The molecular formula is C24H18BrCl2NO5. The van der Waals surface area contributed by atoms with Gasteiger partial charge in [-0.15, -0.1) is 0 Å². The lowest BCUT2D eigenvalue weighted by Gasteiger charge is -2.09. The van der Waals surface area contributed by atoms with Crippen LogP contribution in [0.4, 0.5) is 5.69 Å². The van der Waals surface area contributed by atoms with Gasteiger partial charge < -0.3 is 14.8 Å². The van der Waals surface area contributed by atoms with Gasteiger partial charge in [-0.25, -0.2) is 0 Å². The fraction of sp³-hybridized carbons (Fsp3) is 0.125. The zero-order valence-electron chi connectivity index (χ0n) is 17.1. The van der Waals surface area contributed by atoms with Gasteiger partial charge in [-0.05, 0) is 54.6 Å². The van der Waals surface area contributed by atoms with Crippen LogP contribution >= 0.6 is 39.1 Å². The van der Waals surface area contributed by atoms with E-state index in [0.29, 0.717) is 32.8 Å². The van der Waals surface area contributed by atoms with Gasteiger partial charge in [0.05, 0.1) is 11.4 Å². The van der Waals surface area contributed by atoms with Crippen molar-refractivity contribution in [3.63, 3.8) is 0 Å². The Kier molecular flexibility index (Phi) is 8.88. The van der Waals surface area contributed by atoms with E-state index in [0.717, 1.165) is 4.47 Å². The second kappa shape index (κ2) is 11.8. The number of halogens is 3. The molecule has 3 rings (SSSR count). The SMILES string of the molecule is O=C(CCC(=O)OCC(=O)c1ccc(Br)cc1)Nc1ccc(Oc2ccc(Cl)cc2Cl)cc1. The highest BCUT2D eigenvalue weighted by molar-refractivity contribution is 9.10. The summed E-state index contributed by atoms with van der Waals surface area (Å²) >= 11 is 15.2. The molecule has 0 aliphatic rings. The van der Waals surface area contributed by atoms with Crippen LogP contribution in [0, 0.1) is 0 Å². The summed E-state index contributed by atoms with van der Waals surface area (Å²) in [5.74, 6) is -0.325. The maximum absolute atomic E-state index is 12.1. The van der Waals surface area contributed by atoms with E-state index in [1.165, 1.54) is 0 Å². The zero-order valence-corrected chi connectivity index (χ0v) is 20.2. The van der Waals surface area contributed by atoms with Crippen LogP contribution in [-0.2, 0) is 14.3 Å². The minimum absolute atomic E-state index is 0.0794. The predicted octanol–water partition coefficient (Wildman–Crippen LogP) is 6.69. The molecule has 33 heavy (non-hydrogen) atoms. The van der Waals surface area contributed by atoms with Crippen molar-refractivity contribution in [3.8, 4) is 11.5 Å². The van der Waals surface area contributed by atoms with Crippen LogP contribution in [0.15, 0.2) is 71.2 Å². The molecule has 0 aromatic heterocycles. The smallest absolute Gasteiger partial charge is 0.306 e. The maximum atomic E-state index is 12.1. The Hall–Kier alpha value is -2.87. The van der Waals surface area contributed by atoms with Gasteiger partial charge in [-0.3, -0.25) is 14.4 Å². The summed E-state index contributed by atoms with van der Waals surface area (Å²) in [5.41, 5.74) is 0.975. The number of ketones is 1. The highest BCUT2D eigenvalue weighted by atomic mass is 79.9. The number of hydrogen-bond donors (Lipinski definition) is 1. The van der Waals surface area contributed by atoms with Crippen LogP contribution in [0.25, 0.3) is 0 Å². The molecule has 0 radical (unpaired) electrons. The summed E-state index contributed by atoms with van der Waals surface area (Å²) < 4.78 is 11.5. The lowest BCUT2D eigenvalue weighted by molar-refractivity contribution is -0.143. The maximum Gasteiger partial charge on any atom is 0.306 e. The first-order valence-electron chi connectivity index (χ1n) is 9.77. The Morgan fingerprint density at radius 3 is 2.24 bits per heavy atom.